The standard InChI is InChI=1S/C14H20O2/c1-2-3-4-5-6-13(11-15)12-7-9-14(16)10-8-12/h7-11,13,16H,2-6H2,1H3. The van der Waals surface area contributed by atoms with E-state index in [1.54, 1.807) is 12.1 Å². The molecule has 0 saturated heterocycles. The monoisotopic (exact) mass is 220 g/mol. The van der Waals surface area contributed by atoms with Crippen LogP contribution in [0.2, 0.25) is 0 Å². The van der Waals surface area contributed by atoms with Crippen molar-refractivity contribution in [3.8, 4) is 5.75 Å². The summed E-state index contributed by atoms with van der Waals surface area (Å²) in [4.78, 5) is 11.0. The molecular weight excluding hydrogens is 200 g/mol. The van der Waals surface area contributed by atoms with Crippen molar-refractivity contribution >= 4 is 6.29 Å². The summed E-state index contributed by atoms with van der Waals surface area (Å²) in [5, 5.41) is 9.17. The molecule has 1 rings (SSSR count). The lowest BCUT2D eigenvalue weighted by atomic mass is 9.94. The number of hydrogen-bond donors (Lipinski definition) is 1. The molecule has 88 valence electrons. The smallest absolute Gasteiger partial charge is 0.127 e. The number of aldehydes is 1. The summed E-state index contributed by atoms with van der Waals surface area (Å²) >= 11 is 0. The second kappa shape index (κ2) is 7.04. The van der Waals surface area contributed by atoms with Crippen LogP contribution >= 0.6 is 0 Å². The van der Waals surface area contributed by atoms with Crippen molar-refractivity contribution in [3.63, 3.8) is 0 Å². The van der Waals surface area contributed by atoms with Crippen molar-refractivity contribution in [1.82, 2.24) is 0 Å². The van der Waals surface area contributed by atoms with Crippen LogP contribution in [0.25, 0.3) is 0 Å². The Morgan fingerprint density at radius 1 is 1.19 bits per heavy atom. The van der Waals surface area contributed by atoms with E-state index in [0.29, 0.717) is 0 Å². The van der Waals surface area contributed by atoms with Gasteiger partial charge in [-0.05, 0) is 24.1 Å². The Morgan fingerprint density at radius 3 is 2.44 bits per heavy atom. The fourth-order valence-corrected chi connectivity index (χ4v) is 1.83. The molecule has 0 radical (unpaired) electrons. The molecule has 0 bridgehead atoms. The summed E-state index contributed by atoms with van der Waals surface area (Å²) in [7, 11) is 0. The molecule has 1 N–H and O–H groups in total. The lowest BCUT2D eigenvalue weighted by Crippen LogP contribution is -2.00. The first-order chi connectivity index (χ1) is 7.77. The predicted octanol–water partition coefficient (Wildman–Crippen LogP) is 3.65. The Hall–Kier alpha value is -1.31. The van der Waals surface area contributed by atoms with E-state index in [0.717, 1.165) is 24.7 Å². The van der Waals surface area contributed by atoms with Crippen LogP contribution < -0.4 is 0 Å². The van der Waals surface area contributed by atoms with Crippen LogP contribution in [0.15, 0.2) is 24.3 Å². The number of carbonyl (C=O) groups is 1. The van der Waals surface area contributed by atoms with E-state index in [1.165, 1.54) is 19.3 Å². The van der Waals surface area contributed by atoms with Gasteiger partial charge >= 0.3 is 0 Å². The first kappa shape index (κ1) is 12.8. The van der Waals surface area contributed by atoms with Gasteiger partial charge in [-0.3, -0.25) is 0 Å². The number of carbonyl (C=O) groups excluding carboxylic acids is 1. The fraction of sp³-hybridized carbons (Fsp3) is 0.500. The molecule has 0 aliphatic heterocycles. The van der Waals surface area contributed by atoms with Gasteiger partial charge in [-0.1, -0.05) is 44.7 Å². The highest BCUT2D eigenvalue weighted by Crippen LogP contribution is 2.22. The number of phenols is 1. The van der Waals surface area contributed by atoms with Crippen LogP contribution in [-0.2, 0) is 4.79 Å². The zero-order valence-corrected chi connectivity index (χ0v) is 9.86. The summed E-state index contributed by atoms with van der Waals surface area (Å²) < 4.78 is 0. The normalized spacial score (nSPS) is 12.3. The van der Waals surface area contributed by atoms with E-state index in [1.807, 2.05) is 12.1 Å². The zero-order chi connectivity index (χ0) is 11.8. The van der Waals surface area contributed by atoms with Crippen LogP contribution in [0.5, 0.6) is 5.75 Å². The zero-order valence-electron chi connectivity index (χ0n) is 9.86. The number of aromatic hydroxyl groups is 1. The Morgan fingerprint density at radius 2 is 1.88 bits per heavy atom. The first-order valence-electron chi connectivity index (χ1n) is 6.02. The molecule has 0 amide bonds. The van der Waals surface area contributed by atoms with Gasteiger partial charge in [0.2, 0.25) is 0 Å². The fourth-order valence-electron chi connectivity index (χ4n) is 1.83. The van der Waals surface area contributed by atoms with Gasteiger partial charge in [0.1, 0.15) is 12.0 Å². The highest BCUT2D eigenvalue weighted by Gasteiger charge is 2.09. The highest BCUT2D eigenvalue weighted by atomic mass is 16.3. The van der Waals surface area contributed by atoms with E-state index in [4.69, 9.17) is 5.11 Å². The maximum atomic E-state index is 11.0. The minimum atomic E-state index is -0.0162. The molecule has 0 aliphatic rings. The van der Waals surface area contributed by atoms with Crippen molar-refractivity contribution in [2.75, 3.05) is 0 Å². The van der Waals surface area contributed by atoms with E-state index in [9.17, 15) is 4.79 Å². The molecule has 1 unspecified atom stereocenters. The van der Waals surface area contributed by atoms with Crippen molar-refractivity contribution in [1.29, 1.82) is 0 Å². The second-order valence-electron chi connectivity index (χ2n) is 4.18. The van der Waals surface area contributed by atoms with Crippen molar-refractivity contribution in [2.24, 2.45) is 0 Å². The summed E-state index contributed by atoms with van der Waals surface area (Å²) in [6, 6.07) is 6.93. The van der Waals surface area contributed by atoms with Crippen molar-refractivity contribution in [2.45, 2.75) is 44.9 Å². The van der Waals surface area contributed by atoms with Crippen LogP contribution in [0.4, 0.5) is 0 Å². The predicted molar refractivity (Wildman–Crippen MR) is 65.7 cm³/mol. The van der Waals surface area contributed by atoms with Gasteiger partial charge in [0.05, 0.1) is 0 Å². The van der Waals surface area contributed by atoms with Gasteiger partial charge in [-0.15, -0.1) is 0 Å². The molecule has 0 fully saturated rings. The highest BCUT2D eigenvalue weighted by molar-refractivity contribution is 5.62. The van der Waals surface area contributed by atoms with Crippen LogP contribution in [0, 0.1) is 0 Å². The SMILES string of the molecule is CCCCCCC(C=O)c1ccc(O)cc1. The second-order valence-corrected chi connectivity index (χ2v) is 4.18. The summed E-state index contributed by atoms with van der Waals surface area (Å²) in [5.41, 5.74) is 1.00. The molecule has 1 aromatic rings. The molecule has 0 saturated carbocycles. The minimum absolute atomic E-state index is 0.0162. The third kappa shape index (κ3) is 4.05. The average Bonchev–Trinajstić information content (AvgIpc) is 2.31. The van der Waals surface area contributed by atoms with E-state index >= 15 is 0 Å². The third-order valence-corrected chi connectivity index (χ3v) is 2.85. The van der Waals surface area contributed by atoms with E-state index in [-0.39, 0.29) is 11.7 Å². The maximum absolute atomic E-state index is 11.0. The Labute approximate surface area is 97.3 Å². The quantitative estimate of drug-likeness (QED) is 0.562. The molecule has 0 spiro atoms. The molecule has 2 nitrogen and oxygen atoms in total. The number of rotatable bonds is 7. The Bertz CT molecular complexity index is 303. The van der Waals surface area contributed by atoms with Crippen molar-refractivity contribution in [3.05, 3.63) is 29.8 Å². The third-order valence-electron chi connectivity index (χ3n) is 2.85. The first-order valence-corrected chi connectivity index (χ1v) is 6.02. The van der Waals surface area contributed by atoms with Gasteiger partial charge in [0, 0.05) is 5.92 Å². The number of benzene rings is 1. The van der Waals surface area contributed by atoms with Crippen LogP contribution in [-0.4, -0.2) is 11.4 Å². The van der Waals surface area contributed by atoms with Gasteiger partial charge in [-0.25, -0.2) is 0 Å². The van der Waals surface area contributed by atoms with E-state index in [2.05, 4.69) is 6.92 Å². The van der Waals surface area contributed by atoms with E-state index < -0.39 is 0 Å². The molecule has 0 aliphatic carbocycles. The van der Waals surface area contributed by atoms with Gasteiger partial charge in [0.15, 0.2) is 0 Å². The number of hydrogen-bond acceptors (Lipinski definition) is 2. The van der Waals surface area contributed by atoms with Gasteiger partial charge in [-0.2, -0.15) is 0 Å². The lowest BCUT2D eigenvalue weighted by molar-refractivity contribution is -0.109. The molecule has 16 heavy (non-hydrogen) atoms. The van der Waals surface area contributed by atoms with Crippen LogP contribution in [0.3, 0.4) is 0 Å². The number of unbranched alkanes of at least 4 members (excludes halogenated alkanes) is 3. The lowest BCUT2D eigenvalue weighted by Gasteiger charge is -2.10. The van der Waals surface area contributed by atoms with Gasteiger partial charge in [0.25, 0.3) is 0 Å². The summed E-state index contributed by atoms with van der Waals surface area (Å²) in [5.74, 6) is 0.233. The van der Waals surface area contributed by atoms with Gasteiger partial charge < -0.3 is 9.90 Å². The largest absolute Gasteiger partial charge is 0.508 e. The summed E-state index contributed by atoms with van der Waals surface area (Å²) in [6.45, 7) is 2.18. The molecule has 1 atom stereocenters. The Kier molecular flexibility index (Phi) is 5.62. The topological polar surface area (TPSA) is 37.3 Å². The minimum Gasteiger partial charge on any atom is -0.508 e. The molecule has 1 aromatic carbocycles. The molecule has 2 heteroatoms. The number of phenolic OH excluding ortho intramolecular Hbond substituents is 1. The van der Waals surface area contributed by atoms with Crippen LogP contribution in [0.1, 0.15) is 50.5 Å². The maximum Gasteiger partial charge on any atom is 0.127 e. The van der Waals surface area contributed by atoms with Crippen molar-refractivity contribution < 1.29 is 9.90 Å². The summed E-state index contributed by atoms with van der Waals surface area (Å²) in [6.07, 6.45) is 6.66. The molecule has 0 aromatic heterocycles. The molecular formula is C14H20O2. The Balaban J connectivity index is 2.47. The average molecular weight is 220 g/mol. The molecule has 0 heterocycles.